The Labute approximate surface area is 113 Å². The van der Waals surface area contributed by atoms with Crippen molar-refractivity contribution in [1.29, 1.82) is 0 Å². The van der Waals surface area contributed by atoms with Gasteiger partial charge < -0.3 is 4.55 Å². The summed E-state index contributed by atoms with van der Waals surface area (Å²) in [6, 6.07) is 2.31. The summed E-state index contributed by atoms with van der Waals surface area (Å²) in [4.78, 5) is 3.27. The van der Waals surface area contributed by atoms with Crippen molar-refractivity contribution in [3.63, 3.8) is 0 Å². The lowest BCUT2D eigenvalue weighted by atomic mass is 10.1. The van der Waals surface area contributed by atoms with Crippen molar-refractivity contribution in [1.82, 2.24) is 4.98 Å². The van der Waals surface area contributed by atoms with Crippen molar-refractivity contribution in [2.45, 2.75) is 38.6 Å². The molecule has 0 amide bonds. The molecule has 0 fully saturated rings. The summed E-state index contributed by atoms with van der Waals surface area (Å²) in [6.07, 6.45) is -3.43. The van der Waals surface area contributed by atoms with E-state index in [1.54, 1.807) is 20.8 Å². The Bertz CT molecular complexity index is 481. The third-order valence-electron chi connectivity index (χ3n) is 2.21. The van der Waals surface area contributed by atoms with Crippen LogP contribution in [0.1, 0.15) is 39.0 Å². The Morgan fingerprint density at radius 3 is 2.37 bits per heavy atom. The van der Waals surface area contributed by atoms with Crippen LogP contribution in [-0.4, -0.2) is 20.0 Å². The van der Waals surface area contributed by atoms with Crippen LogP contribution in [0.2, 0.25) is 0 Å². The third-order valence-corrected chi connectivity index (χ3v) is 3.70. The Kier molecular flexibility index (Phi) is 4.63. The van der Waals surface area contributed by atoms with Crippen LogP contribution in [0.25, 0.3) is 0 Å². The van der Waals surface area contributed by atoms with E-state index in [4.69, 9.17) is 0 Å². The fourth-order valence-corrected chi connectivity index (χ4v) is 1.75. The monoisotopic (exact) mass is 292 g/mol. The molecule has 0 radical (unpaired) electrons. The second kappa shape index (κ2) is 5.50. The maximum absolute atomic E-state index is 12.5. The van der Waals surface area contributed by atoms with Gasteiger partial charge in [0, 0.05) is 11.8 Å². The largest absolute Gasteiger partial charge is 0.591 e. The van der Waals surface area contributed by atoms with E-state index >= 15 is 0 Å². The molecule has 0 bridgehead atoms. The molecule has 0 aliphatic heterocycles. The van der Waals surface area contributed by atoms with Gasteiger partial charge in [-0.05, 0) is 39.8 Å². The second-order valence-corrected chi connectivity index (χ2v) is 6.87. The van der Waals surface area contributed by atoms with Gasteiger partial charge in [0.1, 0.15) is 21.8 Å². The van der Waals surface area contributed by atoms with Crippen LogP contribution in [0, 0.1) is 0 Å². The average molecular weight is 292 g/mol. The van der Waals surface area contributed by atoms with Gasteiger partial charge in [-0.1, -0.05) is 4.40 Å². The second-order valence-electron chi connectivity index (χ2n) is 4.97. The molecule has 7 heteroatoms. The summed E-state index contributed by atoms with van der Waals surface area (Å²) in [5.74, 6) is 0. The molecule has 0 saturated carbocycles. The summed E-state index contributed by atoms with van der Waals surface area (Å²) >= 11 is -1.51. The molecule has 106 valence electrons. The number of aromatic nitrogens is 1. The Morgan fingerprint density at radius 1 is 1.32 bits per heavy atom. The molecule has 19 heavy (non-hydrogen) atoms. The first-order chi connectivity index (χ1) is 8.51. The number of halogens is 3. The number of hydrogen-bond acceptors (Lipinski definition) is 3. The first-order valence-corrected chi connectivity index (χ1v) is 6.63. The standard InChI is InChI=1S/C12H15F3N2OS/c1-8(17-19(18)11(2,3)4)9-5-6-16-10(7-9)12(13,14)15/h5-7H,1-4H3/b17-8+. The molecule has 1 atom stereocenters. The van der Waals surface area contributed by atoms with Crippen molar-refractivity contribution in [2.24, 2.45) is 4.40 Å². The zero-order valence-corrected chi connectivity index (χ0v) is 11.9. The van der Waals surface area contributed by atoms with Crippen molar-refractivity contribution in [3.8, 4) is 0 Å². The molecule has 0 saturated heterocycles. The van der Waals surface area contributed by atoms with Gasteiger partial charge in [0.05, 0.1) is 5.71 Å². The minimum Gasteiger partial charge on any atom is -0.591 e. The van der Waals surface area contributed by atoms with E-state index in [2.05, 4.69) is 9.38 Å². The summed E-state index contributed by atoms with van der Waals surface area (Å²) in [5, 5.41) is 0. The smallest absolute Gasteiger partial charge is 0.433 e. The summed E-state index contributed by atoms with van der Waals surface area (Å²) in [6.45, 7) is 6.76. The van der Waals surface area contributed by atoms with Gasteiger partial charge in [0.25, 0.3) is 0 Å². The third kappa shape index (κ3) is 4.50. The van der Waals surface area contributed by atoms with E-state index in [1.807, 2.05) is 0 Å². The topological polar surface area (TPSA) is 48.3 Å². The maximum Gasteiger partial charge on any atom is 0.433 e. The van der Waals surface area contributed by atoms with E-state index in [9.17, 15) is 17.7 Å². The minimum absolute atomic E-state index is 0.264. The number of rotatable bonds is 2. The van der Waals surface area contributed by atoms with Crippen molar-refractivity contribution in [3.05, 3.63) is 29.6 Å². The van der Waals surface area contributed by atoms with Crippen LogP contribution in [0.15, 0.2) is 22.7 Å². The molecular weight excluding hydrogens is 277 g/mol. The lowest BCUT2D eigenvalue weighted by molar-refractivity contribution is -0.141. The normalized spacial score (nSPS) is 15.5. The molecule has 1 heterocycles. The molecule has 0 aliphatic carbocycles. The van der Waals surface area contributed by atoms with Crippen LogP contribution < -0.4 is 0 Å². The molecule has 0 aromatic carbocycles. The molecule has 0 N–H and O–H groups in total. The fourth-order valence-electron chi connectivity index (χ4n) is 1.12. The lowest BCUT2D eigenvalue weighted by Gasteiger charge is -2.18. The lowest BCUT2D eigenvalue weighted by Crippen LogP contribution is -2.26. The van der Waals surface area contributed by atoms with Gasteiger partial charge >= 0.3 is 6.18 Å². The van der Waals surface area contributed by atoms with E-state index in [0.29, 0.717) is 5.71 Å². The first kappa shape index (κ1) is 16.0. The van der Waals surface area contributed by atoms with E-state index in [1.165, 1.54) is 13.0 Å². The highest BCUT2D eigenvalue weighted by Gasteiger charge is 2.33. The SMILES string of the molecule is C/C(=N\[S+]([O-])C(C)(C)C)c1ccnc(C(F)(F)F)c1. The highest BCUT2D eigenvalue weighted by molar-refractivity contribution is 7.91. The van der Waals surface area contributed by atoms with Crippen LogP contribution in [0.5, 0.6) is 0 Å². The van der Waals surface area contributed by atoms with Crippen LogP contribution in [-0.2, 0) is 17.5 Å². The highest BCUT2D eigenvalue weighted by Crippen LogP contribution is 2.28. The zero-order valence-electron chi connectivity index (χ0n) is 11.1. The van der Waals surface area contributed by atoms with Crippen LogP contribution in [0.4, 0.5) is 13.2 Å². The van der Waals surface area contributed by atoms with Gasteiger partial charge in [0.15, 0.2) is 0 Å². The van der Waals surface area contributed by atoms with Crippen molar-refractivity contribution < 1.29 is 17.7 Å². The maximum atomic E-state index is 12.5. The predicted molar refractivity (Wildman–Crippen MR) is 69.3 cm³/mol. The predicted octanol–water partition coefficient (Wildman–Crippen LogP) is 3.37. The number of alkyl halides is 3. The first-order valence-electron chi connectivity index (χ1n) is 5.53. The Morgan fingerprint density at radius 2 is 1.89 bits per heavy atom. The van der Waals surface area contributed by atoms with E-state index in [0.717, 1.165) is 12.3 Å². The van der Waals surface area contributed by atoms with E-state index < -0.39 is 28.0 Å². The molecule has 1 unspecified atom stereocenters. The number of pyridine rings is 1. The average Bonchev–Trinajstić information content (AvgIpc) is 2.26. The molecule has 1 aromatic heterocycles. The van der Waals surface area contributed by atoms with Gasteiger partial charge in [-0.15, -0.1) is 0 Å². The molecule has 0 spiro atoms. The molecule has 1 rings (SSSR count). The molecule has 0 aliphatic rings. The minimum atomic E-state index is -4.50. The van der Waals surface area contributed by atoms with Gasteiger partial charge in [-0.25, -0.2) is 0 Å². The van der Waals surface area contributed by atoms with Crippen LogP contribution >= 0.6 is 0 Å². The Balaban J connectivity index is 3.07. The molecule has 1 aromatic rings. The molecule has 3 nitrogen and oxygen atoms in total. The highest BCUT2D eigenvalue weighted by atomic mass is 32.2. The van der Waals surface area contributed by atoms with Gasteiger partial charge in [-0.3, -0.25) is 4.98 Å². The summed E-state index contributed by atoms with van der Waals surface area (Å²) in [5.41, 5.74) is -0.429. The van der Waals surface area contributed by atoms with Crippen LogP contribution in [0.3, 0.4) is 0 Å². The Hall–Kier alpha value is -1.08. The fraction of sp³-hybridized carbons (Fsp3) is 0.500. The van der Waals surface area contributed by atoms with Crippen molar-refractivity contribution >= 4 is 17.1 Å². The molecular formula is C12H15F3N2OS. The number of hydrogen-bond donors (Lipinski definition) is 0. The van der Waals surface area contributed by atoms with Gasteiger partial charge in [0.2, 0.25) is 0 Å². The van der Waals surface area contributed by atoms with Gasteiger partial charge in [-0.2, -0.15) is 13.2 Å². The van der Waals surface area contributed by atoms with Crippen molar-refractivity contribution in [2.75, 3.05) is 0 Å². The summed E-state index contributed by atoms with van der Waals surface area (Å²) in [7, 11) is 0. The summed E-state index contributed by atoms with van der Waals surface area (Å²) < 4.78 is 52.8. The van der Waals surface area contributed by atoms with E-state index in [-0.39, 0.29) is 5.56 Å². The zero-order chi connectivity index (χ0) is 14.8. The quantitative estimate of drug-likeness (QED) is 0.620. The number of nitrogens with zero attached hydrogens (tertiary/aromatic N) is 2.